The molecule has 2 aliphatic rings. The van der Waals surface area contributed by atoms with Crippen LogP contribution in [0.1, 0.15) is 35.4 Å². The number of hydrogen-bond donors (Lipinski definition) is 0. The van der Waals surface area contributed by atoms with Crippen LogP contribution in [0.5, 0.6) is 0 Å². The summed E-state index contributed by atoms with van der Waals surface area (Å²) in [6, 6.07) is 7.91. The van der Waals surface area contributed by atoms with E-state index in [0.717, 1.165) is 35.8 Å². The van der Waals surface area contributed by atoms with E-state index in [1.165, 1.54) is 0 Å². The summed E-state index contributed by atoms with van der Waals surface area (Å²) in [6.07, 6.45) is 3.35. The number of furan rings is 1. The molecule has 23 heavy (non-hydrogen) atoms. The third-order valence-corrected chi connectivity index (χ3v) is 4.92. The standard InChI is InChI=1S/C18H21NO4/c1-21-11-13-12-5-2-3-7-15(12)23-17(13)18(20)19-9-10-22-16-8-4-6-14(16)19/h2-3,5,7,14,16H,4,6,8-11H2,1H3/t14-,16-/m1/s1. The highest BCUT2D eigenvalue weighted by molar-refractivity contribution is 5.99. The average molecular weight is 315 g/mol. The maximum absolute atomic E-state index is 13.1. The van der Waals surface area contributed by atoms with Gasteiger partial charge in [-0.25, -0.2) is 0 Å². The van der Waals surface area contributed by atoms with E-state index in [-0.39, 0.29) is 18.1 Å². The predicted octanol–water partition coefficient (Wildman–Crippen LogP) is 2.97. The predicted molar refractivity (Wildman–Crippen MR) is 85.3 cm³/mol. The zero-order chi connectivity index (χ0) is 15.8. The summed E-state index contributed by atoms with van der Waals surface area (Å²) in [5.74, 6) is 0.383. The first-order valence-corrected chi connectivity index (χ1v) is 8.21. The summed E-state index contributed by atoms with van der Waals surface area (Å²) in [5, 5.41) is 0.953. The van der Waals surface area contributed by atoms with Crippen molar-refractivity contribution < 1.29 is 18.7 Å². The van der Waals surface area contributed by atoms with E-state index in [9.17, 15) is 4.79 Å². The third-order valence-electron chi connectivity index (χ3n) is 4.92. The SMILES string of the molecule is COCc1c(C(=O)N2CCO[C@@H]3CCC[C@H]32)oc2ccccc12. The highest BCUT2D eigenvalue weighted by Gasteiger charge is 2.40. The first-order chi connectivity index (χ1) is 11.3. The van der Waals surface area contributed by atoms with E-state index in [1.807, 2.05) is 29.2 Å². The Bertz CT molecular complexity index is 723. The Labute approximate surface area is 135 Å². The molecule has 1 aromatic carbocycles. The first kappa shape index (κ1) is 14.7. The van der Waals surface area contributed by atoms with Crippen molar-refractivity contribution in [3.8, 4) is 0 Å². The van der Waals surface area contributed by atoms with Crippen molar-refractivity contribution >= 4 is 16.9 Å². The van der Waals surface area contributed by atoms with Crippen LogP contribution < -0.4 is 0 Å². The molecule has 122 valence electrons. The number of para-hydroxylation sites is 1. The summed E-state index contributed by atoms with van der Waals surface area (Å²) >= 11 is 0. The van der Waals surface area contributed by atoms with Crippen molar-refractivity contribution in [3.63, 3.8) is 0 Å². The fourth-order valence-corrected chi connectivity index (χ4v) is 3.87. The van der Waals surface area contributed by atoms with E-state index < -0.39 is 0 Å². The Morgan fingerprint density at radius 2 is 2.22 bits per heavy atom. The van der Waals surface area contributed by atoms with E-state index in [4.69, 9.17) is 13.9 Å². The third kappa shape index (κ3) is 2.44. The zero-order valence-corrected chi connectivity index (χ0v) is 13.3. The Hall–Kier alpha value is -1.85. The Morgan fingerprint density at radius 3 is 3.09 bits per heavy atom. The van der Waals surface area contributed by atoms with Crippen molar-refractivity contribution in [1.82, 2.24) is 4.90 Å². The monoisotopic (exact) mass is 315 g/mol. The fraction of sp³-hybridized carbons (Fsp3) is 0.500. The van der Waals surface area contributed by atoms with Crippen molar-refractivity contribution in [2.75, 3.05) is 20.3 Å². The van der Waals surface area contributed by atoms with Gasteiger partial charge < -0.3 is 18.8 Å². The minimum atomic E-state index is -0.0338. The maximum atomic E-state index is 13.1. The number of nitrogens with zero attached hydrogens (tertiary/aromatic N) is 1. The van der Waals surface area contributed by atoms with Gasteiger partial charge in [0.1, 0.15) is 5.58 Å². The number of carbonyl (C=O) groups excluding carboxylic acids is 1. The number of amides is 1. The number of hydrogen-bond acceptors (Lipinski definition) is 4. The minimum Gasteiger partial charge on any atom is -0.451 e. The normalized spacial score (nSPS) is 24.1. The topological polar surface area (TPSA) is 51.9 Å². The largest absolute Gasteiger partial charge is 0.451 e. The van der Waals surface area contributed by atoms with Gasteiger partial charge >= 0.3 is 0 Å². The Balaban J connectivity index is 1.72. The van der Waals surface area contributed by atoms with Gasteiger partial charge in [0.15, 0.2) is 5.76 Å². The van der Waals surface area contributed by atoms with Gasteiger partial charge in [0.05, 0.1) is 25.4 Å². The van der Waals surface area contributed by atoms with Gasteiger partial charge in [0.25, 0.3) is 5.91 Å². The lowest BCUT2D eigenvalue weighted by molar-refractivity contribution is -0.0454. The second-order valence-electron chi connectivity index (χ2n) is 6.24. The van der Waals surface area contributed by atoms with E-state index >= 15 is 0 Å². The highest BCUT2D eigenvalue weighted by atomic mass is 16.5. The van der Waals surface area contributed by atoms with Crippen LogP contribution in [0.2, 0.25) is 0 Å². The molecule has 5 heteroatoms. The molecule has 0 bridgehead atoms. The molecule has 1 aliphatic heterocycles. The first-order valence-electron chi connectivity index (χ1n) is 8.21. The highest BCUT2D eigenvalue weighted by Crippen LogP contribution is 2.33. The van der Waals surface area contributed by atoms with Gasteiger partial charge in [-0.3, -0.25) is 4.79 Å². The zero-order valence-electron chi connectivity index (χ0n) is 13.3. The average Bonchev–Trinajstić information content (AvgIpc) is 3.19. The number of carbonyl (C=O) groups is 1. The second-order valence-corrected chi connectivity index (χ2v) is 6.24. The summed E-state index contributed by atoms with van der Waals surface area (Å²) < 4.78 is 17.0. The molecule has 1 amide bonds. The van der Waals surface area contributed by atoms with Gasteiger partial charge in [-0.1, -0.05) is 18.2 Å². The number of methoxy groups -OCH3 is 1. The lowest BCUT2D eigenvalue weighted by Crippen LogP contribution is -2.51. The molecule has 0 unspecified atom stereocenters. The molecule has 2 atom stereocenters. The van der Waals surface area contributed by atoms with E-state index in [2.05, 4.69) is 0 Å². The maximum Gasteiger partial charge on any atom is 0.290 e. The number of rotatable bonds is 3. The molecule has 1 aliphatic carbocycles. The number of benzene rings is 1. The van der Waals surface area contributed by atoms with Gasteiger partial charge in [0, 0.05) is 24.6 Å². The lowest BCUT2D eigenvalue weighted by atomic mass is 10.1. The van der Waals surface area contributed by atoms with Crippen LogP contribution in [0.4, 0.5) is 0 Å². The summed E-state index contributed by atoms with van der Waals surface area (Å²) in [4.78, 5) is 15.1. The van der Waals surface area contributed by atoms with Gasteiger partial charge in [-0.05, 0) is 25.3 Å². The number of morpholine rings is 1. The molecule has 1 aromatic heterocycles. The molecule has 2 heterocycles. The smallest absolute Gasteiger partial charge is 0.290 e. The van der Waals surface area contributed by atoms with Gasteiger partial charge in [0.2, 0.25) is 0 Å². The van der Waals surface area contributed by atoms with Crippen LogP contribution in [-0.4, -0.2) is 43.2 Å². The fourth-order valence-electron chi connectivity index (χ4n) is 3.87. The van der Waals surface area contributed by atoms with E-state index in [1.54, 1.807) is 7.11 Å². The van der Waals surface area contributed by atoms with Crippen LogP contribution in [0.15, 0.2) is 28.7 Å². The minimum absolute atomic E-state index is 0.0338. The van der Waals surface area contributed by atoms with E-state index in [0.29, 0.717) is 25.5 Å². The number of ether oxygens (including phenoxy) is 2. The van der Waals surface area contributed by atoms with Crippen molar-refractivity contribution in [2.24, 2.45) is 0 Å². The Kier molecular flexibility index (Phi) is 3.83. The van der Waals surface area contributed by atoms with Crippen LogP contribution in [0.25, 0.3) is 11.0 Å². The molecule has 1 saturated heterocycles. The molecule has 0 radical (unpaired) electrons. The van der Waals surface area contributed by atoms with Crippen molar-refractivity contribution in [2.45, 2.75) is 38.0 Å². The molecule has 1 saturated carbocycles. The van der Waals surface area contributed by atoms with Gasteiger partial charge in [-0.2, -0.15) is 0 Å². The summed E-state index contributed by atoms with van der Waals surface area (Å²) in [7, 11) is 1.64. The van der Waals surface area contributed by atoms with Crippen molar-refractivity contribution in [1.29, 1.82) is 0 Å². The lowest BCUT2D eigenvalue weighted by Gasteiger charge is -2.37. The molecule has 4 rings (SSSR count). The number of fused-ring (bicyclic) bond motifs is 2. The Morgan fingerprint density at radius 1 is 1.35 bits per heavy atom. The summed E-state index contributed by atoms with van der Waals surface area (Å²) in [6.45, 7) is 1.60. The van der Waals surface area contributed by atoms with Crippen LogP contribution in [0, 0.1) is 0 Å². The van der Waals surface area contributed by atoms with Crippen LogP contribution >= 0.6 is 0 Å². The molecular formula is C18H21NO4. The quantitative estimate of drug-likeness (QED) is 0.874. The molecule has 2 aromatic rings. The van der Waals surface area contributed by atoms with Crippen LogP contribution in [0.3, 0.4) is 0 Å². The van der Waals surface area contributed by atoms with Crippen LogP contribution in [-0.2, 0) is 16.1 Å². The van der Waals surface area contributed by atoms with Crippen molar-refractivity contribution in [3.05, 3.63) is 35.6 Å². The molecule has 2 fully saturated rings. The van der Waals surface area contributed by atoms with Gasteiger partial charge in [-0.15, -0.1) is 0 Å². The second kappa shape index (κ2) is 5.98. The summed E-state index contributed by atoms with van der Waals surface area (Å²) in [5.41, 5.74) is 1.58. The molecule has 0 N–H and O–H groups in total. The molecule has 0 spiro atoms. The molecule has 5 nitrogen and oxygen atoms in total. The molecular weight excluding hydrogens is 294 g/mol.